The van der Waals surface area contributed by atoms with Crippen LogP contribution in [0.25, 0.3) is 0 Å². The number of aliphatic hydroxyl groups excluding tert-OH is 1. The molecule has 0 saturated heterocycles. The van der Waals surface area contributed by atoms with Crippen LogP contribution >= 0.6 is 0 Å². The molecule has 3 nitrogen and oxygen atoms in total. The van der Waals surface area contributed by atoms with Crippen LogP contribution in [0.15, 0.2) is 0 Å². The zero-order chi connectivity index (χ0) is 11.2. The Bertz CT molecular complexity index is 145. The van der Waals surface area contributed by atoms with Crippen molar-refractivity contribution in [3.8, 4) is 0 Å². The lowest BCUT2D eigenvalue weighted by Crippen LogP contribution is -2.33. The number of rotatable bonds is 7. The van der Waals surface area contributed by atoms with Gasteiger partial charge in [0.05, 0.1) is 12.7 Å². The first-order chi connectivity index (χ1) is 6.39. The van der Waals surface area contributed by atoms with E-state index >= 15 is 0 Å². The maximum Gasteiger partial charge on any atom is 0.183 e. The van der Waals surface area contributed by atoms with Crippen LogP contribution in [0.4, 0.5) is 0 Å². The van der Waals surface area contributed by atoms with Crippen LogP contribution in [0, 0.1) is 0 Å². The van der Waals surface area contributed by atoms with Gasteiger partial charge in [0.15, 0.2) is 14.6 Å². The van der Waals surface area contributed by atoms with Gasteiger partial charge >= 0.3 is 0 Å². The van der Waals surface area contributed by atoms with Crippen LogP contribution in [-0.2, 0) is 9.16 Å². The van der Waals surface area contributed by atoms with Gasteiger partial charge in [-0.3, -0.25) is 0 Å². The first-order valence-electron chi connectivity index (χ1n) is 5.36. The van der Waals surface area contributed by atoms with E-state index in [0.29, 0.717) is 13.0 Å². The fourth-order valence-electron chi connectivity index (χ4n) is 0.915. The average Bonchev–Trinajstić information content (AvgIpc) is 2.10. The van der Waals surface area contributed by atoms with Crippen LogP contribution in [0.2, 0.25) is 19.6 Å². The lowest BCUT2D eigenvalue weighted by Gasteiger charge is -2.24. The van der Waals surface area contributed by atoms with Gasteiger partial charge in [0, 0.05) is 0 Å². The van der Waals surface area contributed by atoms with Gasteiger partial charge in [-0.05, 0) is 32.5 Å². The lowest BCUT2D eigenvalue weighted by molar-refractivity contribution is -0.146. The molecule has 0 heterocycles. The molecule has 1 N–H and O–H groups in total. The standard InChI is InChI=1S/C10H24O3Si/c1-6-9(13-10(11)7-2)8-12-14(3,4)5/h9-11H,6-8H2,1-5H3. The molecule has 0 aromatic carbocycles. The van der Waals surface area contributed by atoms with E-state index in [2.05, 4.69) is 19.6 Å². The average molecular weight is 220 g/mol. The third kappa shape index (κ3) is 7.50. The van der Waals surface area contributed by atoms with Gasteiger partial charge in [-0.25, -0.2) is 0 Å². The molecule has 0 aromatic rings. The van der Waals surface area contributed by atoms with Gasteiger partial charge in [0.25, 0.3) is 0 Å². The van der Waals surface area contributed by atoms with E-state index in [1.54, 1.807) is 0 Å². The molecular weight excluding hydrogens is 196 g/mol. The molecule has 0 saturated carbocycles. The zero-order valence-corrected chi connectivity index (χ0v) is 11.0. The molecule has 14 heavy (non-hydrogen) atoms. The van der Waals surface area contributed by atoms with Gasteiger partial charge in [-0.15, -0.1) is 0 Å². The zero-order valence-electron chi connectivity index (χ0n) is 10.0. The van der Waals surface area contributed by atoms with Crippen molar-refractivity contribution in [3.63, 3.8) is 0 Å². The highest BCUT2D eigenvalue weighted by Crippen LogP contribution is 2.09. The number of aliphatic hydroxyl groups is 1. The molecule has 0 aliphatic rings. The summed E-state index contributed by atoms with van der Waals surface area (Å²) in [5.41, 5.74) is 0. The Labute approximate surface area is 88.5 Å². The molecule has 0 bridgehead atoms. The summed E-state index contributed by atoms with van der Waals surface area (Å²) in [6, 6.07) is 0. The van der Waals surface area contributed by atoms with Crippen molar-refractivity contribution in [2.24, 2.45) is 0 Å². The molecule has 0 aromatic heterocycles. The smallest absolute Gasteiger partial charge is 0.183 e. The Morgan fingerprint density at radius 2 is 1.71 bits per heavy atom. The van der Waals surface area contributed by atoms with E-state index in [1.165, 1.54) is 0 Å². The molecule has 2 atom stereocenters. The topological polar surface area (TPSA) is 38.7 Å². The molecule has 0 amide bonds. The predicted molar refractivity (Wildman–Crippen MR) is 60.8 cm³/mol. The molecule has 0 aliphatic heterocycles. The highest BCUT2D eigenvalue weighted by molar-refractivity contribution is 6.69. The summed E-state index contributed by atoms with van der Waals surface area (Å²) in [6.07, 6.45) is 0.882. The van der Waals surface area contributed by atoms with Crippen molar-refractivity contribution >= 4 is 8.32 Å². The molecular formula is C10H24O3Si. The minimum atomic E-state index is -1.46. The van der Waals surface area contributed by atoms with E-state index < -0.39 is 14.6 Å². The second-order valence-corrected chi connectivity index (χ2v) is 8.97. The normalized spacial score (nSPS) is 16.7. The quantitative estimate of drug-likeness (QED) is 0.529. The summed E-state index contributed by atoms with van der Waals surface area (Å²) < 4.78 is 11.1. The third-order valence-electron chi connectivity index (χ3n) is 1.86. The van der Waals surface area contributed by atoms with Crippen LogP contribution < -0.4 is 0 Å². The molecule has 2 unspecified atom stereocenters. The Balaban J connectivity index is 3.80. The fraction of sp³-hybridized carbons (Fsp3) is 1.00. The summed E-state index contributed by atoms with van der Waals surface area (Å²) in [6.45, 7) is 11.0. The number of ether oxygens (including phenoxy) is 1. The van der Waals surface area contributed by atoms with Crippen molar-refractivity contribution in [2.45, 2.75) is 58.7 Å². The highest BCUT2D eigenvalue weighted by atomic mass is 28.4. The van der Waals surface area contributed by atoms with Crippen molar-refractivity contribution in [2.75, 3.05) is 6.61 Å². The Morgan fingerprint density at radius 1 is 1.14 bits per heavy atom. The molecule has 0 rings (SSSR count). The van der Waals surface area contributed by atoms with Crippen molar-refractivity contribution in [1.82, 2.24) is 0 Å². The Kier molecular flexibility index (Phi) is 6.60. The molecule has 0 fully saturated rings. The van der Waals surface area contributed by atoms with Gasteiger partial charge < -0.3 is 14.3 Å². The summed E-state index contributed by atoms with van der Waals surface area (Å²) in [4.78, 5) is 0. The van der Waals surface area contributed by atoms with E-state index in [-0.39, 0.29) is 6.10 Å². The first-order valence-corrected chi connectivity index (χ1v) is 8.77. The second kappa shape index (κ2) is 6.56. The monoisotopic (exact) mass is 220 g/mol. The predicted octanol–water partition coefficient (Wildman–Crippen LogP) is 2.36. The maximum absolute atomic E-state index is 9.32. The van der Waals surface area contributed by atoms with Crippen LogP contribution in [0.5, 0.6) is 0 Å². The molecule has 0 radical (unpaired) electrons. The molecule has 0 spiro atoms. The van der Waals surface area contributed by atoms with E-state index in [9.17, 15) is 5.11 Å². The highest BCUT2D eigenvalue weighted by Gasteiger charge is 2.18. The summed E-state index contributed by atoms with van der Waals surface area (Å²) in [5.74, 6) is 0. The second-order valence-electron chi connectivity index (χ2n) is 4.45. The number of hydrogen-bond donors (Lipinski definition) is 1. The van der Waals surface area contributed by atoms with E-state index in [4.69, 9.17) is 9.16 Å². The largest absolute Gasteiger partial charge is 0.415 e. The summed E-state index contributed by atoms with van der Waals surface area (Å²) in [5, 5.41) is 9.32. The minimum Gasteiger partial charge on any atom is -0.415 e. The molecule has 4 heteroatoms. The Morgan fingerprint density at radius 3 is 2.07 bits per heavy atom. The Hall–Kier alpha value is 0.0969. The molecule has 0 aliphatic carbocycles. The summed E-state index contributed by atoms with van der Waals surface area (Å²) in [7, 11) is -1.46. The van der Waals surface area contributed by atoms with E-state index in [1.807, 2.05) is 13.8 Å². The van der Waals surface area contributed by atoms with Gasteiger partial charge in [-0.2, -0.15) is 0 Å². The van der Waals surface area contributed by atoms with Crippen LogP contribution in [-0.4, -0.2) is 32.4 Å². The van der Waals surface area contributed by atoms with Gasteiger partial charge in [0.2, 0.25) is 0 Å². The molecule has 86 valence electrons. The first kappa shape index (κ1) is 14.1. The minimum absolute atomic E-state index is 0.0247. The van der Waals surface area contributed by atoms with Crippen molar-refractivity contribution < 1.29 is 14.3 Å². The van der Waals surface area contributed by atoms with E-state index in [0.717, 1.165) is 6.42 Å². The SMILES string of the molecule is CCC(O)OC(CC)CO[Si](C)(C)C. The van der Waals surface area contributed by atoms with Gasteiger partial charge in [-0.1, -0.05) is 13.8 Å². The van der Waals surface area contributed by atoms with Crippen molar-refractivity contribution in [1.29, 1.82) is 0 Å². The van der Waals surface area contributed by atoms with Crippen LogP contribution in [0.1, 0.15) is 26.7 Å². The van der Waals surface area contributed by atoms with Gasteiger partial charge in [0.1, 0.15) is 0 Å². The summed E-state index contributed by atoms with van der Waals surface area (Å²) >= 11 is 0. The maximum atomic E-state index is 9.32. The lowest BCUT2D eigenvalue weighted by atomic mass is 10.3. The van der Waals surface area contributed by atoms with Crippen molar-refractivity contribution in [3.05, 3.63) is 0 Å². The fourth-order valence-corrected chi connectivity index (χ4v) is 1.60. The third-order valence-corrected chi connectivity index (χ3v) is 2.89. The number of hydrogen-bond acceptors (Lipinski definition) is 3. The van der Waals surface area contributed by atoms with Crippen LogP contribution in [0.3, 0.4) is 0 Å².